The molecule has 4 aromatic rings. The van der Waals surface area contributed by atoms with E-state index in [1.807, 2.05) is 69.3 Å². The largest absolute Gasteiger partial charge is 0.490 e. The summed E-state index contributed by atoms with van der Waals surface area (Å²) in [6, 6.07) is 17.5. The third-order valence-corrected chi connectivity index (χ3v) is 8.09. The molecule has 0 radical (unpaired) electrons. The van der Waals surface area contributed by atoms with E-state index in [2.05, 4.69) is 4.99 Å². The monoisotopic (exact) mass is 648 g/mol. The predicted molar refractivity (Wildman–Crippen MR) is 173 cm³/mol. The minimum atomic E-state index is -0.785. The first kappa shape index (κ1) is 31.9. The number of halogens is 1. The molecule has 0 unspecified atom stereocenters. The molecule has 3 aromatic carbocycles. The lowest BCUT2D eigenvalue weighted by molar-refractivity contribution is -0.136. The summed E-state index contributed by atoms with van der Waals surface area (Å²) in [6.45, 7) is 7.28. The number of methoxy groups -OCH3 is 1. The normalized spacial score (nSPS) is 14.2. The topological polar surface area (TPSA) is 97.6 Å². The highest BCUT2D eigenvalue weighted by atomic mass is 35.5. The first-order valence-electron chi connectivity index (χ1n) is 14.5. The van der Waals surface area contributed by atoms with Gasteiger partial charge in [-0.3, -0.25) is 9.36 Å². The van der Waals surface area contributed by atoms with E-state index in [1.54, 1.807) is 18.2 Å². The van der Waals surface area contributed by atoms with E-state index in [9.17, 15) is 9.59 Å². The molecule has 0 fully saturated rings. The van der Waals surface area contributed by atoms with Gasteiger partial charge in [-0.1, -0.05) is 47.2 Å². The van der Waals surface area contributed by atoms with Crippen molar-refractivity contribution in [3.05, 3.63) is 114 Å². The van der Waals surface area contributed by atoms with Crippen LogP contribution in [0.2, 0.25) is 5.02 Å². The van der Waals surface area contributed by atoms with Gasteiger partial charge in [0.2, 0.25) is 0 Å². The van der Waals surface area contributed by atoms with E-state index in [1.165, 1.54) is 29.2 Å². The molecule has 234 valence electrons. The second-order valence-corrected chi connectivity index (χ2v) is 11.3. The Labute approximate surface area is 269 Å². The van der Waals surface area contributed by atoms with Crippen LogP contribution in [0.1, 0.15) is 43.5 Å². The maximum atomic E-state index is 14.0. The molecule has 1 aliphatic heterocycles. The summed E-state index contributed by atoms with van der Waals surface area (Å²) in [6.07, 6.45) is 3.23. The first-order chi connectivity index (χ1) is 21.9. The van der Waals surface area contributed by atoms with Gasteiger partial charge in [0.05, 0.1) is 43.1 Å². The number of benzene rings is 3. The van der Waals surface area contributed by atoms with Crippen molar-refractivity contribution >= 4 is 35.0 Å². The number of esters is 1. The summed E-state index contributed by atoms with van der Waals surface area (Å²) < 4.78 is 30.5. The van der Waals surface area contributed by atoms with Gasteiger partial charge in [0.1, 0.15) is 6.61 Å². The highest BCUT2D eigenvalue weighted by molar-refractivity contribution is 7.07. The molecular weight excluding hydrogens is 616 g/mol. The Morgan fingerprint density at radius 1 is 0.911 bits per heavy atom. The van der Waals surface area contributed by atoms with Gasteiger partial charge >= 0.3 is 5.97 Å². The van der Waals surface area contributed by atoms with Gasteiger partial charge in [0.25, 0.3) is 5.56 Å². The van der Waals surface area contributed by atoms with Crippen LogP contribution in [0.15, 0.2) is 82.2 Å². The average Bonchev–Trinajstić information content (AvgIpc) is 3.35. The predicted octanol–water partition coefficient (Wildman–Crippen LogP) is 5.45. The standard InChI is InChI=1S/C34H33ClN2O7S/c1-5-41-26-14-12-23(18-29(26)43-7-3)31-25(33(39)40-4)19-36-34-37(31)32(38)30(45-34)17-21-11-13-27(28(16-21)42-6-2)44-20-22-9-8-10-24(35)15-22/h8-19,31H,5-7,20H2,1-4H3/b30-17+/t31-/m0/s1. The number of ether oxygens (including phenoxy) is 5. The number of thiazole rings is 1. The molecule has 0 saturated carbocycles. The molecule has 0 aliphatic carbocycles. The van der Waals surface area contributed by atoms with Gasteiger partial charge in [-0.25, -0.2) is 9.79 Å². The fourth-order valence-electron chi connectivity index (χ4n) is 4.93. The molecule has 2 heterocycles. The Morgan fingerprint density at radius 2 is 1.60 bits per heavy atom. The first-order valence-corrected chi connectivity index (χ1v) is 15.7. The summed E-state index contributed by atoms with van der Waals surface area (Å²) in [5, 5.41) is 0.635. The summed E-state index contributed by atoms with van der Waals surface area (Å²) in [7, 11) is 1.30. The number of aromatic nitrogens is 1. The molecule has 9 nitrogen and oxygen atoms in total. The van der Waals surface area contributed by atoms with Crippen LogP contribution in [-0.4, -0.2) is 37.5 Å². The van der Waals surface area contributed by atoms with E-state index in [0.717, 1.165) is 11.1 Å². The number of hydrogen-bond acceptors (Lipinski definition) is 9. The summed E-state index contributed by atoms with van der Waals surface area (Å²) in [4.78, 5) is 31.8. The number of carbonyl (C=O) groups excluding carboxylic acids is 1. The Bertz CT molecular complexity index is 1910. The molecule has 11 heteroatoms. The van der Waals surface area contributed by atoms with Crippen LogP contribution in [0, 0.1) is 0 Å². The van der Waals surface area contributed by atoms with Crippen molar-refractivity contribution in [3.63, 3.8) is 0 Å². The third-order valence-electron chi connectivity index (χ3n) is 6.86. The van der Waals surface area contributed by atoms with Crippen LogP contribution in [0.5, 0.6) is 23.0 Å². The molecule has 1 aliphatic rings. The van der Waals surface area contributed by atoms with Gasteiger partial charge in [-0.05, 0) is 79.9 Å². The second-order valence-electron chi connectivity index (χ2n) is 9.81. The van der Waals surface area contributed by atoms with Crippen LogP contribution in [-0.2, 0) is 16.1 Å². The minimum Gasteiger partial charge on any atom is -0.490 e. The molecule has 0 spiro atoms. The quantitative estimate of drug-likeness (QED) is 0.189. The van der Waals surface area contributed by atoms with Crippen molar-refractivity contribution < 1.29 is 28.5 Å². The highest BCUT2D eigenvalue weighted by Crippen LogP contribution is 2.35. The van der Waals surface area contributed by atoms with Crippen molar-refractivity contribution in [1.82, 2.24) is 4.57 Å². The van der Waals surface area contributed by atoms with Crippen LogP contribution in [0.3, 0.4) is 0 Å². The maximum Gasteiger partial charge on any atom is 0.337 e. The lowest BCUT2D eigenvalue weighted by Crippen LogP contribution is -2.39. The van der Waals surface area contributed by atoms with Crippen molar-refractivity contribution in [2.45, 2.75) is 33.4 Å². The zero-order chi connectivity index (χ0) is 31.9. The Hall–Kier alpha value is -4.54. The second kappa shape index (κ2) is 14.5. The number of nitrogens with zero attached hydrogens (tertiary/aromatic N) is 2. The van der Waals surface area contributed by atoms with Crippen molar-refractivity contribution in [3.8, 4) is 23.0 Å². The Morgan fingerprint density at radius 3 is 2.31 bits per heavy atom. The molecule has 0 saturated heterocycles. The van der Waals surface area contributed by atoms with Crippen molar-refractivity contribution in [2.75, 3.05) is 26.9 Å². The maximum absolute atomic E-state index is 14.0. The third kappa shape index (κ3) is 7.08. The van der Waals surface area contributed by atoms with Crippen LogP contribution < -0.4 is 33.8 Å². The molecule has 0 N–H and O–H groups in total. The zero-order valence-electron chi connectivity index (χ0n) is 25.4. The Balaban J connectivity index is 1.54. The lowest BCUT2D eigenvalue weighted by Gasteiger charge is -2.23. The fraction of sp³-hybridized carbons (Fsp3) is 0.265. The summed E-state index contributed by atoms with van der Waals surface area (Å²) >= 11 is 7.34. The van der Waals surface area contributed by atoms with Gasteiger partial charge in [-0.15, -0.1) is 0 Å². The van der Waals surface area contributed by atoms with E-state index < -0.39 is 12.0 Å². The van der Waals surface area contributed by atoms with Gasteiger partial charge in [0.15, 0.2) is 27.8 Å². The summed E-state index contributed by atoms with van der Waals surface area (Å²) in [5.74, 6) is 1.62. The number of hydrogen-bond donors (Lipinski definition) is 0. The van der Waals surface area contributed by atoms with Gasteiger partial charge in [-0.2, -0.15) is 0 Å². The molecular formula is C34H33ClN2O7S. The highest BCUT2D eigenvalue weighted by Gasteiger charge is 2.31. The number of rotatable bonds is 12. The zero-order valence-corrected chi connectivity index (χ0v) is 26.9. The van der Waals surface area contributed by atoms with Crippen molar-refractivity contribution in [1.29, 1.82) is 0 Å². The smallest absolute Gasteiger partial charge is 0.337 e. The van der Waals surface area contributed by atoms with Gasteiger partial charge < -0.3 is 23.7 Å². The molecule has 1 atom stereocenters. The van der Waals surface area contributed by atoms with Crippen LogP contribution >= 0.6 is 22.9 Å². The molecule has 0 bridgehead atoms. The number of fused-ring (bicyclic) bond motifs is 1. The minimum absolute atomic E-state index is 0.225. The van der Waals surface area contributed by atoms with Crippen LogP contribution in [0.4, 0.5) is 0 Å². The average molecular weight is 649 g/mol. The summed E-state index contributed by atoms with van der Waals surface area (Å²) in [5.41, 5.74) is 2.24. The molecule has 0 amide bonds. The van der Waals surface area contributed by atoms with Crippen molar-refractivity contribution in [2.24, 2.45) is 4.99 Å². The van der Waals surface area contributed by atoms with Gasteiger partial charge in [0, 0.05) is 11.2 Å². The molecule has 45 heavy (non-hydrogen) atoms. The van der Waals surface area contributed by atoms with E-state index in [-0.39, 0.29) is 11.1 Å². The SMILES string of the molecule is CCOc1ccc([C@H]2C(C(=O)OC)=CN=c3s/c(=C/c4ccc(OCc5cccc(Cl)c5)c(OCC)c4)c(=O)n32)cc1OCC. The molecule has 5 rings (SSSR count). The Kier molecular flexibility index (Phi) is 10.3. The van der Waals surface area contributed by atoms with E-state index in [0.29, 0.717) is 69.3 Å². The molecule has 1 aromatic heterocycles. The van der Waals surface area contributed by atoms with Crippen LogP contribution in [0.25, 0.3) is 6.08 Å². The fourth-order valence-corrected chi connectivity index (χ4v) is 6.11. The number of carbonyl (C=O) groups is 1. The van der Waals surface area contributed by atoms with E-state index in [4.69, 9.17) is 35.3 Å². The lowest BCUT2D eigenvalue weighted by atomic mass is 9.97. The van der Waals surface area contributed by atoms with E-state index >= 15 is 0 Å².